The molecule has 2 aromatic rings. The predicted octanol–water partition coefficient (Wildman–Crippen LogP) is 5.18. The first-order valence-corrected chi connectivity index (χ1v) is 8.31. The highest BCUT2D eigenvalue weighted by Gasteiger charge is 2.11. The van der Waals surface area contributed by atoms with Crippen LogP contribution in [0.4, 0.5) is 0 Å². The van der Waals surface area contributed by atoms with Gasteiger partial charge < -0.3 is 9.84 Å². The van der Waals surface area contributed by atoms with Gasteiger partial charge in [0.25, 0.3) is 0 Å². The molecule has 2 aromatic carbocycles. The van der Waals surface area contributed by atoms with Gasteiger partial charge in [-0.2, -0.15) is 0 Å². The molecule has 0 atom stereocenters. The molecule has 0 saturated heterocycles. The van der Waals surface area contributed by atoms with E-state index in [1.807, 2.05) is 49.4 Å². The van der Waals surface area contributed by atoms with Crippen molar-refractivity contribution < 1.29 is 14.6 Å². The van der Waals surface area contributed by atoms with Crippen LogP contribution < -0.4 is 4.74 Å². The summed E-state index contributed by atoms with van der Waals surface area (Å²) in [6.45, 7) is 6.62. The highest BCUT2D eigenvalue weighted by Crippen LogP contribution is 2.30. The van der Waals surface area contributed by atoms with E-state index in [9.17, 15) is 4.79 Å². The summed E-state index contributed by atoms with van der Waals surface area (Å²) in [5.74, 6) is -0.223. The maximum atomic E-state index is 10.9. The Kier molecular flexibility index (Phi) is 6.58. The van der Waals surface area contributed by atoms with E-state index in [4.69, 9.17) is 9.84 Å². The zero-order chi connectivity index (χ0) is 18.2. The van der Waals surface area contributed by atoms with Gasteiger partial charge in [-0.15, -0.1) is 0 Å². The molecule has 2 rings (SSSR count). The number of rotatable bonds is 7. The van der Waals surface area contributed by atoms with Crippen molar-refractivity contribution in [3.63, 3.8) is 0 Å². The normalized spacial score (nSPS) is 10.7. The molecule has 0 heterocycles. The van der Waals surface area contributed by atoms with Crippen molar-refractivity contribution in [2.75, 3.05) is 0 Å². The van der Waals surface area contributed by atoms with Crippen molar-refractivity contribution in [3.05, 3.63) is 82.4 Å². The Morgan fingerprint density at radius 3 is 2.48 bits per heavy atom. The minimum Gasteiger partial charge on any atom is -0.488 e. The van der Waals surface area contributed by atoms with Crippen LogP contribution in [0.3, 0.4) is 0 Å². The molecular formula is C22H24O3. The van der Waals surface area contributed by atoms with Crippen LogP contribution >= 0.6 is 0 Å². The first kappa shape index (κ1) is 18.5. The van der Waals surface area contributed by atoms with Crippen LogP contribution in [0.25, 0.3) is 6.08 Å². The largest absolute Gasteiger partial charge is 0.488 e. The molecule has 1 N–H and O–H groups in total. The maximum Gasteiger partial charge on any atom is 0.328 e. The van der Waals surface area contributed by atoms with E-state index in [0.717, 1.165) is 40.5 Å². The van der Waals surface area contributed by atoms with Crippen molar-refractivity contribution in [1.29, 1.82) is 0 Å². The molecule has 0 fully saturated rings. The van der Waals surface area contributed by atoms with Gasteiger partial charge in [0.15, 0.2) is 0 Å². The number of allylic oxidation sites excluding steroid dienone is 2. The molecule has 0 spiro atoms. The zero-order valence-corrected chi connectivity index (χ0v) is 15.0. The van der Waals surface area contributed by atoms with E-state index in [1.165, 1.54) is 5.57 Å². The predicted molar refractivity (Wildman–Crippen MR) is 102 cm³/mol. The van der Waals surface area contributed by atoms with Gasteiger partial charge in [0.1, 0.15) is 12.4 Å². The van der Waals surface area contributed by atoms with Crippen LogP contribution in [0.1, 0.15) is 36.1 Å². The molecule has 0 unspecified atom stereocenters. The molecule has 0 saturated carbocycles. The van der Waals surface area contributed by atoms with Crippen LogP contribution in [0, 0.1) is 6.92 Å². The van der Waals surface area contributed by atoms with Gasteiger partial charge in [-0.25, -0.2) is 4.79 Å². The summed E-state index contributed by atoms with van der Waals surface area (Å²) in [5, 5.41) is 8.94. The number of carbonyl (C=O) groups is 1. The van der Waals surface area contributed by atoms with Gasteiger partial charge in [0.2, 0.25) is 0 Å². The highest BCUT2D eigenvalue weighted by atomic mass is 16.5. The quantitative estimate of drug-likeness (QED) is 0.560. The van der Waals surface area contributed by atoms with Crippen LogP contribution in [0.15, 0.2) is 60.2 Å². The Bertz CT molecular complexity index is 782. The summed E-state index contributed by atoms with van der Waals surface area (Å²) >= 11 is 0. The van der Waals surface area contributed by atoms with E-state index in [1.54, 1.807) is 6.08 Å². The van der Waals surface area contributed by atoms with Gasteiger partial charge in [-0.1, -0.05) is 54.1 Å². The molecule has 0 aromatic heterocycles. The van der Waals surface area contributed by atoms with Crippen molar-refractivity contribution >= 4 is 12.0 Å². The lowest BCUT2D eigenvalue weighted by Crippen LogP contribution is -2.02. The van der Waals surface area contributed by atoms with E-state index in [2.05, 4.69) is 19.9 Å². The number of hydrogen-bond acceptors (Lipinski definition) is 2. The van der Waals surface area contributed by atoms with E-state index < -0.39 is 5.97 Å². The minimum atomic E-state index is -0.972. The second-order valence-corrected chi connectivity index (χ2v) is 6.21. The number of carboxylic acid groups (broad SMARTS) is 1. The number of hydrogen-bond donors (Lipinski definition) is 1. The Morgan fingerprint density at radius 1 is 1.12 bits per heavy atom. The maximum absolute atomic E-state index is 10.9. The van der Waals surface area contributed by atoms with Crippen LogP contribution in [0.2, 0.25) is 0 Å². The number of benzene rings is 2. The zero-order valence-electron chi connectivity index (χ0n) is 15.0. The SMILES string of the molecule is CC(C)=CCc1c(C)ccc(/C=C/C(=O)O)c1OCc1ccccc1. The number of carboxylic acids is 1. The summed E-state index contributed by atoms with van der Waals surface area (Å²) < 4.78 is 6.13. The molecule has 130 valence electrons. The molecule has 25 heavy (non-hydrogen) atoms. The fourth-order valence-electron chi connectivity index (χ4n) is 2.50. The molecule has 0 aliphatic heterocycles. The van der Waals surface area contributed by atoms with Gasteiger partial charge >= 0.3 is 5.97 Å². The van der Waals surface area contributed by atoms with E-state index >= 15 is 0 Å². The topological polar surface area (TPSA) is 46.5 Å². The number of aryl methyl sites for hydroxylation is 1. The summed E-state index contributed by atoms with van der Waals surface area (Å²) in [6, 6.07) is 13.9. The van der Waals surface area contributed by atoms with Gasteiger partial charge in [0.05, 0.1) is 0 Å². The molecule has 0 aliphatic carbocycles. The average molecular weight is 336 g/mol. The molecule has 0 radical (unpaired) electrons. The fourth-order valence-corrected chi connectivity index (χ4v) is 2.50. The minimum absolute atomic E-state index is 0.444. The summed E-state index contributed by atoms with van der Waals surface area (Å²) in [4.78, 5) is 10.9. The van der Waals surface area contributed by atoms with Crippen LogP contribution in [-0.4, -0.2) is 11.1 Å². The lowest BCUT2D eigenvalue weighted by Gasteiger charge is -2.16. The average Bonchev–Trinajstić information content (AvgIpc) is 2.58. The molecule has 0 amide bonds. The Hall–Kier alpha value is -2.81. The lowest BCUT2D eigenvalue weighted by molar-refractivity contribution is -0.131. The third kappa shape index (κ3) is 5.64. The van der Waals surface area contributed by atoms with E-state index in [0.29, 0.717) is 6.61 Å². The van der Waals surface area contributed by atoms with Crippen LogP contribution in [0.5, 0.6) is 5.75 Å². The molecule has 3 nitrogen and oxygen atoms in total. The molecule has 0 aliphatic rings. The summed E-state index contributed by atoms with van der Waals surface area (Å²) in [6.07, 6.45) is 5.65. The number of aliphatic carboxylic acids is 1. The number of ether oxygens (including phenoxy) is 1. The fraction of sp³-hybridized carbons (Fsp3) is 0.227. The highest BCUT2D eigenvalue weighted by molar-refractivity contribution is 5.86. The third-order valence-corrected chi connectivity index (χ3v) is 3.87. The monoisotopic (exact) mass is 336 g/mol. The second kappa shape index (κ2) is 8.88. The van der Waals surface area contributed by atoms with Gasteiger partial charge in [-0.3, -0.25) is 0 Å². The van der Waals surface area contributed by atoms with Gasteiger partial charge in [0, 0.05) is 17.2 Å². The smallest absolute Gasteiger partial charge is 0.328 e. The Balaban J connectivity index is 2.40. The summed E-state index contributed by atoms with van der Waals surface area (Å²) in [7, 11) is 0. The van der Waals surface area contributed by atoms with Crippen molar-refractivity contribution in [2.24, 2.45) is 0 Å². The Labute approximate surface area is 149 Å². The van der Waals surface area contributed by atoms with Gasteiger partial charge in [-0.05, 0) is 44.4 Å². The first-order valence-electron chi connectivity index (χ1n) is 8.31. The lowest BCUT2D eigenvalue weighted by atomic mass is 9.99. The summed E-state index contributed by atoms with van der Waals surface area (Å²) in [5.41, 5.74) is 5.31. The second-order valence-electron chi connectivity index (χ2n) is 6.21. The molecular weight excluding hydrogens is 312 g/mol. The molecule has 0 bridgehead atoms. The first-order chi connectivity index (χ1) is 12.0. The van der Waals surface area contributed by atoms with Crippen molar-refractivity contribution in [2.45, 2.75) is 33.8 Å². The Morgan fingerprint density at radius 2 is 1.84 bits per heavy atom. The van der Waals surface area contributed by atoms with Crippen LogP contribution in [-0.2, 0) is 17.8 Å². The molecule has 3 heteroatoms. The van der Waals surface area contributed by atoms with Crippen molar-refractivity contribution in [3.8, 4) is 5.75 Å². The van der Waals surface area contributed by atoms with E-state index in [-0.39, 0.29) is 0 Å². The standard InChI is InChI=1S/C22H24O3/c1-16(2)9-13-20-17(3)10-11-19(12-14-21(23)24)22(20)25-15-18-7-5-4-6-8-18/h4-12,14H,13,15H2,1-3H3,(H,23,24)/b14-12+. The third-order valence-electron chi connectivity index (χ3n) is 3.87. The van der Waals surface area contributed by atoms with Crippen molar-refractivity contribution in [1.82, 2.24) is 0 Å².